The molecular formula is C77H144O6. The van der Waals surface area contributed by atoms with Crippen LogP contribution < -0.4 is 0 Å². The van der Waals surface area contributed by atoms with Gasteiger partial charge in [-0.15, -0.1) is 0 Å². The summed E-state index contributed by atoms with van der Waals surface area (Å²) in [5.41, 5.74) is 0. The Morgan fingerprint density at radius 2 is 0.434 bits per heavy atom. The molecule has 0 aliphatic rings. The number of ether oxygens (including phenoxy) is 3. The van der Waals surface area contributed by atoms with Crippen molar-refractivity contribution in [2.24, 2.45) is 0 Å². The molecule has 0 saturated carbocycles. The second kappa shape index (κ2) is 72.1. The third kappa shape index (κ3) is 70.3. The summed E-state index contributed by atoms with van der Waals surface area (Å²) in [4.78, 5) is 38.6. The second-order valence-electron chi connectivity index (χ2n) is 25.6. The predicted molar refractivity (Wildman–Crippen MR) is 362 cm³/mol. The monoisotopic (exact) mass is 1170 g/mol. The average molecular weight is 1170 g/mol. The van der Waals surface area contributed by atoms with E-state index in [9.17, 15) is 14.4 Å². The second-order valence-corrected chi connectivity index (χ2v) is 25.6. The van der Waals surface area contributed by atoms with Crippen molar-refractivity contribution >= 4 is 17.9 Å². The number of allylic oxidation sites excluding steroid dienone is 6. The lowest BCUT2D eigenvalue weighted by Gasteiger charge is -2.18. The fourth-order valence-corrected chi connectivity index (χ4v) is 11.5. The highest BCUT2D eigenvalue weighted by Gasteiger charge is 2.20. The summed E-state index contributed by atoms with van der Waals surface area (Å²) in [6.45, 7) is 6.72. The minimum Gasteiger partial charge on any atom is -0.462 e. The van der Waals surface area contributed by atoms with Crippen molar-refractivity contribution in [2.75, 3.05) is 13.2 Å². The summed E-state index contributed by atoms with van der Waals surface area (Å²) >= 11 is 0. The molecule has 0 bridgehead atoms. The van der Waals surface area contributed by atoms with Crippen molar-refractivity contribution in [3.8, 4) is 0 Å². The quantitative estimate of drug-likeness (QED) is 0.0261. The Kier molecular flexibility index (Phi) is 70.0. The molecule has 0 aromatic heterocycles. The van der Waals surface area contributed by atoms with E-state index in [1.165, 1.54) is 315 Å². The number of unbranched alkanes of at least 4 members (excludes halogenated alkanes) is 53. The topological polar surface area (TPSA) is 78.9 Å². The molecule has 0 amide bonds. The summed E-state index contributed by atoms with van der Waals surface area (Å²) in [5, 5.41) is 0. The molecule has 83 heavy (non-hydrogen) atoms. The third-order valence-corrected chi connectivity index (χ3v) is 17.1. The van der Waals surface area contributed by atoms with Gasteiger partial charge in [0.1, 0.15) is 13.2 Å². The van der Waals surface area contributed by atoms with E-state index < -0.39 is 6.10 Å². The zero-order chi connectivity index (χ0) is 59.9. The first-order chi connectivity index (χ1) is 41.0. The molecule has 1 unspecified atom stereocenters. The van der Waals surface area contributed by atoms with Crippen molar-refractivity contribution in [1.82, 2.24) is 0 Å². The average Bonchev–Trinajstić information content (AvgIpc) is 3.50. The van der Waals surface area contributed by atoms with Gasteiger partial charge >= 0.3 is 17.9 Å². The highest BCUT2D eigenvalue weighted by atomic mass is 16.6. The molecule has 1 atom stereocenters. The van der Waals surface area contributed by atoms with Crippen LogP contribution in [0.15, 0.2) is 36.5 Å². The van der Waals surface area contributed by atoms with Crippen LogP contribution in [0.4, 0.5) is 0 Å². The molecule has 0 aromatic rings. The van der Waals surface area contributed by atoms with Crippen LogP contribution in [0.3, 0.4) is 0 Å². The molecule has 0 fully saturated rings. The van der Waals surface area contributed by atoms with Crippen molar-refractivity contribution < 1.29 is 28.6 Å². The normalized spacial score (nSPS) is 12.2. The first-order valence-electron chi connectivity index (χ1n) is 37.5. The molecule has 0 aromatic carbocycles. The van der Waals surface area contributed by atoms with Crippen molar-refractivity contribution in [3.63, 3.8) is 0 Å². The largest absolute Gasteiger partial charge is 0.462 e. The van der Waals surface area contributed by atoms with E-state index in [-0.39, 0.29) is 31.1 Å². The molecule has 0 aliphatic carbocycles. The first kappa shape index (κ1) is 80.6. The molecule has 0 saturated heterocycles. The van der Waals surface area contributed by atoms with Crippen LogP contribution in [-0.4, -0.2) is 37.2 Å². The highest BCUT2D eigenvalue weighted by Crippen LogP contribution is 2.19. The number of carbonyl (C=O) groups is 3. The number of hydrogen-bond donors (Lipinski definition) is 0. The van der Waals surface area contributed by atoms with Gasteiger partial charge in [-0.05, 0) is 77.0 Å². The van der Waals surface area contributed by atoms with E-state index in [1.807, 2.05) is 0 Å². The maximum Gasteiger partial charge on any atom is 0.306 e. The molecule has 0 aliphatic heterocycles. The minimum atomic E-state index is -0.774. The predicted octanol–water partition coefficient (Wildman–Crippen LogP) is 25.9. The smallest absolute Gasteiger partial charge is 0.306 e. The summed E-state index contributed by atoms with van der Waals surface area (Å²) < 4.78 is 17.1. The Bertz CT molecular complexity index is 1380. The maximum atomic E-state index is 13.0. The van der Waals surface area contributed by atoms with Crippen LogP contribution in [-0.2, 0) is 28.6 Å². The summed E-state index contributed by atoms with van der Waals surface area (Å²) in [7, 11) is 0. The van der Waals surface area contributed by atoms with Crippen LogP contribution in [0.25, 0.3) is 0 Å². The van der Waals surface area contributed by atoms with E-state index in [2.05, 4.69) is 57.2 Å². The van der Waals surface area contributed by atoms with E-state index in [0.717, 1.165) is 64.2 Å². The minimum absolute atomic E-state index is 0.0682. The van der Waals surface area contributed by atoms with Crippen molar-refractivity contribution in [2.45, 2.75) is 425 Å². The Balaban J connectivity index is 4.30. The van der Waals surface area contributed by atoms with Crippen LogP contribution in [0, 0.1) is 0 Å². The van der Waals surface area contributed by atoms with Gasteiger partial charge in [0.25, 0.3) is 0 Å². The number of hydrogen-bond acceptors (Lipinski definition) is 6. The third-order valence-electron chi connectivity index (χ3n) is 17.1. The van der Waals surface area contributed by atoms with Crippen molar-refractivity contribution in [3.05, 3.63) is 36.5 Å². The molecular weight excluding hydrogens is 1020 g/mol. The van der Waals surface area contributed by atoms with E-state index in [0.29, 0.717) is 19.3 Å². The lowest BCUT2D eigenvalue weighted by Crippen LogP contribution is -2.30. The molecule has 6 heteroatoms. The molecule has 0 spiro atoms. The van der Waals surface area contributed by atoms with E-state index >= 15 is 0 Å². The van der Waals surface area contributed by atoms with Crippen LogP contribution >= 0.6 is 0 Å². The van der Waals surface area contributed by atoms with Gasteiger partial charge in [0.15, 0.2) is 6.10 Å². The molecule has 488 valence electrons. The fraction of sp³-hybridized carbons (Fsp3) is 0.883. The summed E-state index contributed by atoms with van der Waals surface area (Å²) in [6, 6.07) is 0. The van der Waals surface area contributed by atoms with Gasteiger partial charge in [-0.3, -0.25) is 14.4 Å². The Hall–Kier alpha value is -2.37. The van der Waals surface area contributed by atoms with Gasteiger partial charge in [0, 0.05) is 19.3 Å². The Labute approximate surface area is 518 Å². The van der Waals surface area contributed by atoms with Crippen molar-refractivity contribution in [1.29, 1.82) is 0 Å². The first-order valence-corrected chi connectivity index (χ1v) is 37.5. The lowest BCUT2D eigenvalue weighted by atomic mass is 10.0. The molecule has 0 radical (unpaired) electrons. The molecule has 6 nitrogen and oxygen atoms in total. The van der Waals surface area contributed by atoms with Gasteiger partial charge in [0.05, 0.1) is 0 Å². The Morgan fingerprint density at radius 3 is 0.675 bits per heavy atom. The van der Waals surface area contributed by atoms with E-state index in [4.69, 9.17) is 14.2 Å². The standard InChI is InChI=1S/C77H144O6/c1-4-7-10-13-16-19-22-25-28-31-34-36-37-38-39-41-43-46-49-52-55-58-61-64-67-70-76(79)82-73-74(72-81-75(78)69-66-63-60-57-54-51-48-45-42-33-30-27-24-21-18-15-12-9-6-3)83-77(80)71-68-65-62-59-56-53-50-47-44-40-35-32-29-26-23-20-17-14-11-8-5-2/h23,26,31-32,34-35,74H,4-22,24-25,27-30,33,36-73H2,1-3H3/b26-23-,34-31-,35-32-. The zero-order valence-electron chi connectivity index (χ0n) is 56.2. The number of carbonyl (C=O) groups excluding carboxylic acids is 3. The lowest BCUT2D eigenvalue weighted by molar-refractivity contribution is -0.167. The molecule has 0 N–H and O–H groups in total. The SMILES string of the molecule is CCCCCCC/C=C\C/C=C\CCCCCCCCCCCC(=O)OC(COC(=O)CCCCCCCCCCCCCCC/C=C\CCCCCCCCCC)COC(=O)CCCCCCCCCCCCCCCCCCCCC. The van der Waals surface area contributed by atoms with Gasteiger partial charge < -0.3 is 14.2 Å². The van der Waals surface area contributed by atoms with Crippen LogP contribution in [0.1, 0.15) is 419 Å². The summed E-state index contributed by atoms with van der Waals surface area (Å²) in [6.07, 6.45) is 90.3. The van der Waals surface area contributed by atoms with Crippen LogP contribution in [0.2, 0.25) is 0 Å². The van der Waals surface area contributed by atoms with E-state index in [1.54, 1.807) is 0 Å². The molecule has 0 rings (SSSR count). The zero-order valence-corrected chi connectivity index (χ0v) is 56.2. The van der Waals surface area contributed by atoms with Gasteiger partial charge in [-0.1, -0.05) is 359 Å². The summed E-state index contributed by atoms with van der Waals surface area (Å²) in [5.74, 6) is -0.839. The Morgan fingerprint density at radius 1 is 0.241 bits per heavy atom. The fourth-order valence-electron chi connectivity index (χ4n) is 11.5. The van der Waals surface area contributed by atoms with Gasteiger partial charge in [-0.25, -0.2) is 0 Å². The molecule has 0 heterocycles. The van der Waals surface area contributed by atoms with Gasteiger partial charge in [0.2, 0.25) is 0 Å². The number of esters is 3. The highest BCUT2D eigenvalue weighted by molar-refractivity contribution is 5.71. The van der Waals surface area contributed by atoms with Crippen LogP contribution in [0.5, 0.6) is 0 Å². The maximum absolute atomic E-state index is 13.0. The number of rotatable bonds is 70. The van der Waals surface area contributed by atoms with Gasteiger partial charge in [-0.2, -0.15) is 0 Å².